The zero-order valence-corrected chi connectivity index (χ0v) is 13.0. The predicted octanol–water partition coefficient (Wildman–Crippen LogP) is 1.32. The molecule has 1 amide bonds. The van der Waals surface area contributed by atoms with Gasteiger partial charge in [-0.15, -0.1) is 0 Å². The van der Waals surface area contributed by atoms with Gasteiger partial charge in [-0.1, -0.05) is 12.8 Å². The van der Waals surface area contributed by atoms with E-state index < -0.39 is 17.0 Å². The molecule has 6 heteroatoms. The Morgan fingerprint density at radius 3 is 2.43 bits per heavy atom. The first-order valence-corrected chi connectivity index (χ1v) is 7.48. The zero-order chi connectivity index (χ0) is 15.9. The van der Waals surface area contributed by atoms with E-state index in [9.17, 15) is 14.7 Å². The maximum atomic E-state index is 12.1. The number of carboxylic acid groups (broad SMARTS) is 1. The topological polar surface area (TPSA) is 95.9 Å². The third kappa shape index (κ3) is 6.44. The number of carboxylic acids is 1. The fourth-order valence-electron chi connectivity index (χ4n) is 2.96. The SMILES string of the molecule is COCCC(C)(O)CNC(=O)CC1(CC(=O)O)CCCC1. The van der Waals surface area contributed by atoms with Crippen molar-refractivity contribution in [3.63, 3.8) is 0 Å². The predicted molar refractivity (Wildman–Crippen MR) is 77.9 cm³/mol. The van der Waals surface area contributed by atoms with E-state index in [4.69, 9.17) is 9.84 Å². The molecule has 3 N–H and O–H groups in total. The van der Waals surface area contributed by atoms with Gasteiger partial charge >= 0.3 is 5.97 Å². The Hall–Kier alpha value is -1.14. The zero-order valence-electron chi connectivity index (χ0n) is 13.0. The van der Waals surface area contributed by atoms with Crippen molar-refractivity contribution in [1.29, 1.82) is 0 Å². The minimum atomic E-state index is -1.01. The minimum absolute atomic E-state index is 0.0422. The summed E-state index contributed by atoms with van der Waals surface area (Å²) in [6.45, 7) is 2.22. The van der Waals surface area contributed by atoms with Gasteiger partial charge in [0.1, 0.15) is 0 Å². The van der Waals surface area contributed by atoms with Crippen LogP contribution in [-0.2, 0) is 14.3 Å². The Kier molecular flexibility index (Phi) is 6.61. The quantitative estimate of drug-likeness (QED) is 0.597. The maximum Gasteiger partial charge on any atom is 0.303 e. The summed E-state index contributed by atoms with van der Waals surface area (Å²) in [5.74, 6) is -1.03. The van der Waals surface area contributed by atoms with E-state index in [1.165, 1.54) is 0 Å². The minimum Gasteiger partial charge on any atom is -0.481 e. The molecule has 1 saturated carbocycles. The van der Waals surface area contributed by atoms with Gasteiger partial charge < -0.3 is 20.3 Å². The summed E-state index contributed by atoms with van der Waals surface area (Å²) >= 11 is 0. The fraction of sp³-hybridized carbons (Fsp3) is 0.867. The monoisotopic (exact) mass is 301 g/mol. The van der Waals surface area contributed by atoms with E-state index in [0.717, 1.165) is 25.7 Å². The lowest BCUT2D eigenvalue weighted by atomic mass is 9.79. The molecule has 0 aromatic heterocycles. The first-order valence-electron chi connectivity index (χ1n) is 7.48. The summed E-state index contributed by atoms with van der Waals surface area (Å²) in [7, 11) is 1.56. The molecule has 0 aliphatic heterocycles. The van der Waals surface area contributed by atoms with Crippen LogP contribution >= 0.6 is 0 Å². The summed E-state index contributed by atoms with van der Waals surface area (Å²) in [6.07, 6.45) is 4.22. The van der Waals surface area contributed by atoms with Gasteiger partial charge in [-0.05, 0) is 25.2 Å². The van der Waals surface area contributed by atoms with Gasteiger partial charge in [-0.25, -0.2) is 0 Å². The average Bonchev–Trinajstić information content (AvgIpc) is 2.81. The molecule has 0 heterocycles. The largest absolute Gasteiger partial charge is 0.481 e. The molecule has 0 radical (unpaired) electrons. The number of rotatable bonds is 9. The van der Waals surface area contributed by atoms with Crippen molar-refractivity contribution in [2.75, 3.05) is 20.3 Å². The van der Waals surface area contributed by atoms with Crippen molar-refractivity contribution in [3.8, 4) is 0 Å². The highest BCUT2D eigenvalue weighted by Gasteiger charge is 2.38. The van der Waals surface area contributed by atoms with Crippen LogP contribution in [-0.4, -0.2) is 48.0 Å². The summed E-state index contributed by atoms with van der Waals surface area (Å²) < 4.78 is 4.91. The molecule has 21 heavy (non-hydrogen) atoms. The molecule has 122 valence electrons. The van der Waals surface area contributed by atoms with Crippen molar-refractivity contribution < 1.29 is 24.5 Å². The number of amides is 1. The van der Waals surface area contributed by atoms with Crippen LogP contribution in [0.4, 0.5) is 0 Å². The molecular formula is C15H27NO5. The van der Waals surface area contributed by atoms with Gasteiger partial charge in [-0.3, -0.25) is 9.59 Å². The number of hydrogen-bond donors (Lipinski definition) is 3. The molecule has 1 atom stereocenters. The van der Waals surface area contributed by atoms with E-state index in [-0.39, 0.29) is 25.3 Å². The van der Waals surface area contributed by atoms with E-state index in [1.807, 2.05) is 0 Å². The highest BCUT2D eigenvalue weighted by atomic mass is 16.5. The van der Waals surface area contributed by atoms with Crippen LogP contribution in [0.1, 0.15) is 51.9 Å². The lowest BCUT2D eigenvalue weighted by Gasteiger charge is -2.28. The van der Waals surface area contributed by atoms with E-state index in [1.54, 1.807) is 14.0 Å². The van der Waals surface area contributed by atoms with Crippen molar-refractivity contribution in [2.24, 2.45) is 5.41 Å². The Morgan fingerprint density at radius 1 is 1.29 bits per heavy atom. The Balaban J connectivity index is 2.46. The number of methoxy groups -OCH3 is 1. The number of aliphatic carboxylic acids is 1. The second-order valence-electron chi connectivity index (χ2n) is 6.47. The molecule has 0 bridgehead atoms. The fourth-order valence-corrected chi connectivity index (χ4v) is 2.96. The van der Waals surface area contributed by atoms with Crippen molar-refractivity contribution >= 4 is 11.9 Å². The first kappa shape index (κ1) is 17.9. The van der Waals surface area contributed by atoms with Crippen LogP contribution in [0.5, 0.6) is 0 Å². The summed E-state index contributed by atoms with van der Waals surface area (Å²) in [5, 5.41) is 21.8. The number of aliphatic hydroxyl groups is 1. The smallest absolute Gasteiger partial charge is 0.303 e. The maximum absolute atomic E-state index is 12.1. The van der Waals surface area contributed by atoms with Crippen LogP contribution in [0.3, 0.4) is 0 Å². The van der Waals surface area contributed by atoms with Gasteiger partial charge in [0.25, 0.3) is 0 Å². The van der Waals surface area contributed by atoms with E-state index in [2.05, 4.69) is 5.32 Å². The number of nitrogens with one attached hydrogen (secondary N) is 1. The molecular weight excluding hydrogens is 274 g/mol. The molecule has 1 aliphatic rings. The lowest BCUT2D eigenvalue weighted by Crippen LogP contribution is -2.42. The molecule has 1 unspecified atom stereocenters. The summed E-state index contributed by atoms with van der Waals surface area (Å²) in [5.41, 5.74) is -1.42. The third-order valence-corrected chi connectivity index (χ3v) is 4.24. The van der Waals surface area contributed by atoms with Gasteiger partial charge in [-0.2, -0.15) is 0 Å². The lowest BCUT2D eigenvalue weighted by molar-refractivity contribution is -0.140. The number of carbonyl (C=O) groups is 2. The van der Waals surface area contributed by atoms with Gasteiger partial charge in [0.05, 0.1) is 12.0 Å². The highest BCUT2D eigenvalue weighted by molar-refractivity contribution is 5.78. The second kappa shape index (κ2) is 7.75. The third-order valence-electron chi connectivity index (χ3n) is 4.24. The van der Waals surface area contributed by atoms with Gasteiger partial charge in [0.2, 0.25) is 5.91 Å². The number of carbonyl (C=O) groups excluding carboxylic acids is 1. The molecule has 1 rings (SSSR count). The van der Waals surface area contributed by atoms with Crippen molar-refractivity contribution in [3.05, 3.63) is 0 Å². The van der Waals surface area contributed by atoms with E-state index >= 15 is 0 Å². The Morgan fingerprint density at radius 2 is 1.90 bits per heavy atom. The molecule has 1 aliphatic carbocycles. The first-order chi connectivity index (χ1) is 9.79. The Bertz CT molecular complexity index is 361. The standard InChI is InChI=1S/C15H27NO5/c1-14(20,7-8-21-2)11-16-12(17)9-15(10-13(18)19)5-3-4-6-15/h20H,3-11H2,1-2H3,(H,16,17)(H,18,19). The van der Waals surface area contributed by atoms with Crippen LogP contribution in [0.2, 0.25) is 0 Å². The van der Waals surface area contributed by atoms with Gasteiger partial charge in [0.15, 0.2) is 0 Å². The summed E-state index contributed by atoms with van der Waals surface area (Å²) in [4.78, 5) is 23.1. The molecule has 0 aromatic carbocycles. The Labute approximate surface area is 125 Å². The number of hydrogen-bond acceptors (Lipinski definition) is 4. The van der Waals surface area contributed by atoms with Crippen LogP contribution < -0.4 is 5.32 Å². The summed E-state index contributed by atoms with van der Waals surface area (Å²) in [6, 6.07) is 0. The van der Waals surface area contributed by atoms with Crippen molar-refractivity contribution in [2.45, 2.75) is 57.5 Å². The normalized spacial score (nSPS) is 20.0. The van der Waals surface area contributed by atoms with Crippen LogP contribution in [0.15, 0.2) is 0 Å². The second-order valence-corrected chi connectivity index (χ2v) is 6.47. The molecule has 0 spiro atoms. The molecule has 6 nitrogen and oxygen atoms in total. The van der Waals surface area contributed by atoms with Crippen molar-refractivity contribution in [1.82, 2.24) is 5.32 Å². The van der Waals surface area contributed by atoms with Gasteiger partial charge in [0, 0.05) is 33.1 Å². The van der Waals surface area contributed by atoms with Crippen LogP contribution in [0.25, 0.3) is 0 Å². The highest BCUT2D eigenvalue weighted by Crippen LogP contribution is 2.44. The average molecular weight is 301 g/mol. The molecule has 0 aromatic rings. The molecule has 0 saturated heterocycles. The molecule has 1 fully saturated rings. The number of ether oxygens (including phenoxy) is 1. The van der Waals surface area contributed by atoms with Crippen LogP contribution in [0, 0.1) is 5.41 Å². The van der Waals surface area contributed by atoms with E-state index in [0.29, 0.717) is 13.0 Å².